The van der Waals surface area contributed by atoms with Crippen molar-refractivity contribution in [3.63, 3.8) is 0 Å². The molecule has 2 N–H and O–H groups in total. The van der Waals surface area contributed by atoms with E-state index in [1.165, 1.54) is 24.3 Å². The Bertz CT molecular complexity index is 1130. The van der Waals surface area contributed by atoms with Gasteiger partial charge in [0.2, 0.25) is 17.7 Å². The maximum atomic E-state index is 13.3. The van der Waals surface area contributed by atoms with E-state index in [4.69, 9.17) is 0 Å². The molecule has 0 bridgehead atoms. The number of nitrogens with one attached hydrogen (secondary N) is 2. The van der Waals surface area contributed by atoms with Gasteiger partial charge in [-0.3, -0.25) is 29.8 Å². The van der Waals surface area contributed by atoms with Crippen LogP contribution in [0.3, 0.4) is 0 Å². The molecule has 3 aliphatic rings. The highest BCUT2D eigenvalue weighted by molar-refractivity contribution is 6.12. The molecule has 2 fully saturated rings. The largest absolute Gasteiger partial charge is 0.351 e. The molecule has 0 spiro atoms. The Morgan fingerprint density at radius 1 is 1.03 bits per heavy atom. The van der Waals surface area contributed by atoms with Crippen LogP contribution in [-0.2, 0) is 14.4 Å². The standard InChI is InChI=1S/C21H16N4O5/c26-19-16-15-10-5-11-3-1-2-4-14(11)24(15)18(17(16)20(27)23-19)21(28)22-12-6-8-13(9-7-12)25(29)30/h1-10,15-18H,(H,22,28)(H,23,26,27). The summed E-state index contributed by atoms with van der Waals surface area (Å²) in [7, 11) is 0. The van der Waals surface area contributed by atoms with E-state index in [9.17, 15) is 24.5 Å². The van der Waals surface area contributed by atoms with Crippen LogP contribution in [0.2, 0.25) is 0 Å². The number of nitro groups is 1. The molecule has 9 nitrogen and oxygen atoms in total. The molecule has 0 aliphatic carbocycles. The summed E-state index contributed by atoms with van der Waals surface area (Å²) in [4.78, 5) is 50.5. The minimum Gasteiger partial charge on any atom is -0.351 e. The lowest BCUT2D eigenvalue weighted by molar-refractivity contribution is -0.384. The number of benzene rings is 2. The quantitative estimate of drug-likeness (QED) is 0.456. The Kier molecular flexibility index (Phi) is 3.92. The maximum absolute atomic E-state index is 13.3. The molecule has 0 saturated carbocycles. The van der Waals surface area contributed by atoms with Crippen molar-refractivity contribution < 1.29 is 19.3 Å². The second kappa shape index (κ2) is 6.51. The second-order valence-electron chi connectivity index (χ2n) is 7.46. The summed E-state index contributed by atoms with van der Waals surface area (Å²) in [6.45, 7) is 0. The molecule has 5 rings (SSSR count). The van der Waals surface area contributed by atoms with Gasteiger partial charge in [0.05, 0.1) is 22.8 Å². The molecular formula is C21H16N4O5. The van der Waals surface area contributed by atoms with Gasteiger partial charge in [0, 0.05) is 23.5 Å². The first-order valence-corrected chi connectivity index (χ1v) is 9.41. The van der Waals surface area contributed by atoms with Crippen LogP contribution in [0, 0.1) is 22.0 Å². The number of carbonyl (C=O) groups excluding carboxylic acids is 3. The lowest BCUT2D eigenvalue weighted by atomic mass is 9.88. The van der Waals surface area contributed by atoms with Crippen molar-refractivity contribution in [2.75, 3.05) is 10.2 Å². The van der Waals surface area contributed by atoms with Gasteiger partial charge in [-0.15, -0.1) is 0 Å². The molecule has 0 aromatic heterocycles. The van der Waals surface area contributed by atoms with E-state index < -0.39 is 40.7 Å². The third-order valence-corrected chi connectivity index (χ3v) is 5.87. The number of carbonyl (C=O) groups is 3. The van der Waals surface area contributed by atoms with Gasteiger partial charge < -0.3 is 10.2 Å². The average Bonchev–Trinajstić information content (AvgIpc) is 3.24. The number of hydrogen-bond acceptors (Lipinski definition) is 6. The highest BCUT2D eigenvalue weighted by Crippen LogP contribution is 2.46. The molecule has 2 aromatic rings. The van der Waals surface area contributed by atoms with Crippen molar-refractivity contribution in [1.29, 1.82) is 0 Å². The van der Waals surface area contributed by atoms with Gasteiger partial charge in [0.15, 0.2) is 0 Å². The van der Waals surface area contributed by atoms with E-state index in [1.54, 1.807) is 0 Å². The van der Waals surface area contributed by atoms with Crippen LogP contribution in [0.4, 0.5) is 17.1 Å². The second-order valence-corrected chi connectivity index (χ2v) is 7.46. The molecule has 3 heterocycles. The molecule has 4 unspecified atom stereocenters. The highest BCUT2D eigenvalue weighted by atomic mass is 16.6. The van der Waals surface area contributed by atoms with E-state index in [1.807, 2.05) is 41.3 Å². The Balaban J connectivity index is 1.52. The Morgan fingerprint density at radius 3 is 2.47 bits per heavy atom. The van der Waals surface area contributed by atoms with Gasteiger partial charge in [-0.2, -0.15) is 0 Å². The Morgan fingerprint density at radius 2 is 1.73 bits per heavy atom. The van der Waals surface area contributed by atoms with Crippen LogP contribution in [0.1, 0.15) is 5.56 Å². The van der Waals surface area contributed by atoms with E-state index in [-0.39, 0.29) is 11.6 Å². The molecule has 0 radical (unpaired) electrons. The highest BCUT2D eigenvalue weighted by Gasteiger charge is 2.61. The number of anilines is 2. The molecule has 2 aromatic carbocycles. The molecule has 3 amide bonds. The minimum atomic E-state index is -0.896. The monoisotopic (exact) mass is 404 g/mol. The van der Waals surface area contributed by atoms with E-state index in [0.717, 1.165) is 11.3 Å². The summed E-state index contributed by atoms with van der Waals surface area (Å²) in [5.74, 6) is -2.77. The predicted molar refractivity (Wildman–Crippen MR) is 107 cm³/mol. The van der Waals surface area contributed by atoms with Crippen LogP contribution in [-0.4, -0.2) is 34.7 Å². The molecule has 4 atom stereocenters. The minimum absolute atomic E-state index is 0.0927. The summed E-state index contributed by atoms with van der Waals surface area (Å²) in [6.07, 6.45) is 3.76. The number of para-hydroxylation sites is 1. The molecule has 3 aliphatic heterocycles. The summed E-state index contributed by atoms with van der Waals surface area (Å²) in [5.41, 5.74) is 1.96. The number of hydrogen-bond donors (Lipinski definition) is 2. The fourth-order valence-electron chi connectivity index (χ4n) is 4.61. The first kappa shape index (κ1) is 18.0. The topological polar surface area (TPSA) is 122 Å². The van der Waals surface area contributed by atoms with Crippen molar-refractivity contribution in [1.82, 2.24) is 5.32 Å². The molecular weight excluding hydrogens is 388 g/mol. The fourth-order valence-corrected chi connectivity index (χ4v) is 4.61. The summed E-state index contributed by atoms with van der Waals surface area (Å²) in [6, 6.07) is 11.6. The zero-order valence-corrected chi connectivity index (χ0v) is 15.5. The van der Waals surface area contributed by atoms with Gasteiger partial charge in [0.1, 0.15) is 6.04 Å². The zero-order valence-electron chi connectivity index (χ0n) is 15.5. The number of non-ortho nitro benzene ring substituents is 1. The van der Waals surface area contributed by atoms with E-state index >= 15 is 0 Å². The zero-order chi connectivity index (χ0) is 21.0. The molecule has 9 heteroatoms. The van der Waals surface area contributed by atoms with Crippen molar-refractivity contribution in [2.24, 2.45) is 11.8 Å². The number of fused-ring (bicyclic) bond motifs is 5. The first-order chi connectivity index (χ1) is 14.5. The predicted octanol–water partition coefficient (Wildman–Crippen LogP) is 1.71. The maximum Gasteiger partial charge on any atom is 0.269 e. The smallest absolute Gasteiger partial charge is 0.269 e. The van der Waals surface area contributed by atoms with Crippen LogP contribution in [0.25, 0.3) is 6.08 Å². The van der Waals surface area contributed by atoms with Gasteiger partial charge in [0.25, 0.3) is 5.69 Å². The Labute approximate surface area is 170 Å². The van der Waals surface area contributed by atoms with Gasteiger partial charge >= 0.3 is 0 Å². The van der Waals surface area contributed by atoms with Crippen molar-refractivity contribution >= 4 is 40.9 Å². The SMILES string of the molecule is O=C1NC(=O)C2C1C1C=Cc3ccccc3N1C2C(=O)Nc1ccc([N+](=O)[O-])cc1. The van der Waals surface area contributed by atoms with Crippen LogP contribution in [0.5, 0.6) is 0 Å². The van der Waals surface area contributed by atoms with Crippen molar-refractivity contribution in [3.8, 4) is 0 Å². The van der Waals surface area contributed by atoms with Crippen LogP contribution in [0.15, 0.2) is 54.6 Å². The average molecular weight is 404 g/mol. The lowest BCUT2D eigenvalue weighted by Crippen LogP contribution is -2.49. The number of amides is 3. The first-order valence-electron chi connectivity index (χ1n) is 9.41. The fraction of sp³-hybridized carbons (Fsp3) is 0.190. The Hall–Kier alpha value is -4.01. The van der Waals surface area contributed by atoms with Crippen molar-refractivity contribution in [3.05, 3.63) is 70.3 Å². The summed E-state index contributed by atoms with van der Waals surface area (Å²) < 4.78 is 0. The van der Waals surface area contributed by atoms with Crippen LogP contribution < -0.4 is 15.5 Å². The normalized spacial score (nSPS) is 25.9. The summed E-state index contributed by atoms with van der Waals surface area (Å²) in [5, 5.41) is 15.9. The third-order valence-electron chi connectivity index (χ3n) is 5.87. The molecule has 2 saturated heterocycles. The van der Waals surface area contributed by atoms with Gasteiger partial charge in [-0.05, 0) is 23.8 Å². The van der Waals surface area contributed by atoms with E-state index in [2.05, 4.69) is 10.6 Å². The van der Waals surface area contributed by atoms with Gasteiger partial charge in [-0.25, -0.2) is 0 Å². The third kappa shape index (κ3) is 2.59. The lowest BCUT2D eigenvalue weighted by Gasteiger charge is -2.35. The number of rotatable bonds is 3. The molecule has 30 heavy (non-hydrogen) atoms. The molecule has 150 valence electrons. The van der Waals surface area contributed by atoms with Crippen molar-refractivity contribution in [2.45, 2.75) is 12.1 Å². The number of imide groups is 1. The number of nitrogens with zero attached hydrogens (tertiary/aromatic N) is 2. The van der Waals surface area contributed by atoms with Gasteiger partial charge in [-0.1, -0.05) is 30.4 Å². The van der Waals surface area contributed by atoms with E-state index in [0.29, 0.717) is 5.69 Å². The summed E-state index contributed by atoms with van der Waals surface area (Å²) >= 11 is 0. The number of nitro benzene ring substituents is 1. The van der Waals surface area contributed by atoms with Crippen LogP contribution >= 0.6 is 0 Å².